The van der Waals surface area contributed by atoms with Crippen molar-refractivity contribution in [3.63, 3.8) is 0 Å². The Morgan fingerprint density at radius 1 is 1.37 bits per heavy atom. The molecular weight excluding hydrogens is 258 g/mol. The molecule has 0 bridgehead atoms. The largest absolute Gasteiger partial charge is 0.366 e. The van der Waals surface area contributed by atoms with Gasteiger partial charge in [-0.3, -0.25) is 0 Å². The second kappa shape index (κ2) is 6.16. The number of fused-ring (bicyclic) bond motifs is 1. The summed E-state index contributed by atoms with van der Waals surface area (Å²) >= 11 is 1.64. The van der Waals surface area contributed by atoms with E-state index < -0.39 is 0 Å². The molecule has 2 rings (SSSR count). The van der Waals surface area contributed by atoms with E-state index in [0.717, 1.165) is 29.1 Å². The van der Waals surface area contributed by atoms with Gasteiger partial charge in [0.25, 0.3) is 0 Å². The van der Waals surface area contributed by atoms with E-state index in [1.54, 1.807) is 11.3 Å². The van der Waals surface area contributed by atoms with Crippen molar-refractivity contribution in [2.75, 3.05) is 37.8 Å². The van der Waals surface area contributed by atoms with Crippen molar-refractivity contribution < 1.29 is 0 Å². The van der Waals surface area contributed by atoms with Crippen molar-refractivity contribution in [3.05, 3.63) is 11.4 Å². The molecule has 6 heteroatoms. The molecule has 0 saturated heterocycles. The van der Waals surface area contributed by atoms with Gasteiger partial charge in [0, 0.05) is 19.1 Å². The van der Waals surface area contributed by atoms with Gasteiger partial charge in [0.05, 0.1) is 5.39 Å². The lowest BCUT2D eigenvalue weighted by molar-refractivity contribution is 0.392. The molecule has 1 unspecified atom stereocenters. The van der Waals surface area contributed by atoms with E-state index in [2.05, 4.69) is 58.0 Å². The number of anilines is 2. The van der Waals surface area contributed by atoms with Crippen molar-refractivity contribution in [3.8, 4) is 0 Å². The third-order valence-corrected chi connectivity index (χ3v) is 3.49. The van der Waals surface area contributed by atoms with Gasteiger partial charge >= 0.3 is 0 Å². The molecule has 0 aliphatic heterocycles. The molecule has 2 heterocycles. The molecule has 0 aliphatic carbocycles. The van der Waals surface area contributed by atoms with Crippen LogP contribution >= 0.6 is 11.3 Å². The fourth-order valence-electron chi connectivity index (χ4n) is 2.03. The highest BCUT2D eigenvalue weighted by Gasteiger charge is 2.11. The number of nitrogens with zero attached hydrogens (tertiary/aromatic N) is 3. The molecule has 0 aromatic carbocycles. The monoisotopic (exact) mass is 279 g/mol. The van der Waals surface area contributed by atoms with Crippen LogP contribution < -0.4 is 10.6 Å². The van der Waals surface area contributed by atoms with E-state index in [4.69, 9.17) is 0 Å². The topological polar surface area (TPSA) is 53.1 Å². The highest BCUT2D eigenvalue weighted by atomic mass is 32.1. The van der Waals surface area contributed by atoms with E-state index >= 15 is 0 Å². The summed E-state index contributed by atoms with van der Waals surface area (Å²) in [4.78, 5) is 12.2. The van der Waals surface area contributed by atoms with Gasteiger partial charge in [0.1, 0.15) is 10.6 Å². The fraction of sp³-hybridized carbons (Fsp3) is 0.538. The second-order valence-electron chi connectivity index (χ2n) is 4.87. The molecule has 104 valence electrons. The first-order chi connectivity index (χ1) is 9.10. The third-order valence-electron chi connectivity index (χ3n) is 2.68. The summed E-state index contributed by atoms with van der Waals surface area (Å²) in [6, 6.07) is 2.41. The van der Waals surface area contributed by atoms with Crippen LogP contribution in [0.2, 0.25) is 0 Å². The maximum absolute atomic E-state index is 4.56. The Kier molecular flexibility index (Phi) is 4.55. The van der Waals surface area contributed by atoms with Gasteiger partial charge in [-0.05, 0) is 39.4 Å². The first-order valence-corrected chi connectivity index (χ1v) is 7.38. The lowest BCUT2D eigenvalue weighted by Crippen LogP contribution is -2.30. The van der Waals surface area contributed by atoms with E-state index in [0.29, 0.717) is 12.0 Å². The average molecular weight is 279 g/mol. The first kappa shape index (κ1) is 14.0. The van der Waals surface area contributed by atoms with Crippen LogP contribution in [-0.4, -0.2) is 48.1 Å². The van der Waals surface area contributed by atoms with Gasteiger partial charge < -0.3 is 15.5 Å². The standard InChI is InChI=1S/C13H21N5S/c1-5-14-13-16-11(15-9(2)8-18(3)4)10-6-7-19-12(10)17-13/h6-7,9H,5,8H2,1-4H3,(H2,14,15,16,17). The van der Waals surface area contributed by atoms with E-state index in [1.165, 1.54) is 0 Å². The highest BCUT2D eigenvalue weighted by Crippen LogP contribution is 2.26. The Bertz CT molecular complexity index is 537. The van der Waals surface area contributed by atoms with Gasteiger partial charge in [-0.1, -0.05) is 0 Å². The van der Waals surface area contributed by atoms with Crippen LogP contribution in [-0.2, 0) is 0 Å². The average Bonchev–Trinajstić information content (AvgIpc) is 2.76. The summed E-state index contributed by atoms with van der Waals surface area (Å²) in [6.07, 6.45) is 0. The normalized spacial score (nSPS) is 12.9. The Morgan fingerprint density at radius 2 is 2.16 bits per heavy atom. The van der Waals surface area contributed by atoms with Gasteiger partial charge in [0.2, 0.25) is 5.95 Å². The molecule has 2 aromatic rings. The summed E-state index contributed by atoms with van der Waals surface area (Å²) in [5.74, 6) is 1.61. The molecule has 0 spiro atoms. The van der Waals surface area contributed by atoms with Crippen molar-refractivity contribution in [1.29, 1.82) is 0 Å². The molecule has 1 atom stereocenters. The molecule has 5 nitrogen and oxygen atoms in total. The lowest BCUT2D eigenvalue weighted by Gasteiger charge is -2.19. The summed E-state index contributed by atoms with van der Waals surface area (Å²) in [6.45, 7) is 5.99. The third kappa shape index (κ3) is 3.54. The van der Waals surface area contributed by atoms with Crippen molar-refractivity contribution in [1.82, 2.24) is 14.9 Å². The van der Waals surface area contributed by atoms with E-state index in [9.17, 15) is 0 Å². The van der Waals surface area contributed by atoms with Crippen molar-refractivity contribution in [2.45, 2.75) is 19.9 Å². The molecule has 0 aliphatic rings. The zero-order valence-electron chi connectivity index (χ0n) is 11.9. The smallest absolute Gasteiger partial charge is 0.226 e. The number of hydrogen-bond donors (Lipinski definition) is 2. The Balaban J connectivity index is 2.26. The second-order valence-corrected chi connectivity index (χ2v) is 5.77. The number of aromatic nitrogens is 2. The summed E-state index contributed by atoms with van der Waals surface area (Å²) in [5.41, 5.74) is 0. The Hall–Kier alpha value is -1.40. The van der Waals surface area contributed by atoms with Crippen LogP contribution in [0, 0.1) is 0 Å². The minimum absolute atomic E-state index is 0.336. The number of hydrogen-bond acceptors (Lipinski definition) is 6. The number of likely N-dealkylation sites (N-methyl/N-ethyl adjacent to an activating group) is 1. The van der Waals surface area contributed by atoms with Crippen LogP contribution in [0.25, 0.3) is 10.2 Å². The minimum Gasteiger partial charge on any atom is -0.366 e. The van der Waals surface area contributed by atoms with Gasteiger partial charge in [-0.2, -0.15) is 4.98 Å². The molecule has 0 saturated carbocycles. The maximum Gasteiger partial charge on any atom is 0.226 e. The summed E-state index contributed by atoms with van der Waals surface area (Å²) < 4.78 is 0. The molecule has 19 heavy (non-hydrogen) atoms. The van der Waals surface area contributed by atoms with Gasteiger partial charge in [-0.15, -0.1) is 11.3 Å². The predicted molar refractivity (Wildman–Crippen MR) is 83.2 cm³/mol. The van der Waals surface area contributed by atoms with Crippen molar-refractivity contribution >= 4 is 33.3 Å². The predicted octanol–water partition coefficient (Wildman–Crippen LogP) is 2.49. The van der Waals surface area contributed by atoms with Gasteiger partial charge in [-0.25, -0.2) is 4.98 Å². The Morgan fingerprint density at radius 3 is 2.84 bits per heavy atom. The summed E-state index contributed by atoms with van der Waals surface area (Å²) in [5, 5.41) is 9.80. The van der Waals surface area contributed by atoms with Crippen LogP contribution in [0.3, 0.4) is 0 Å². The van der Waals surface area contributed by atoms with Crippen LogP contribution in [0.1, 0.15) is 13.8 Å². The van der Waals surface area contributed by atoms with Crippen LogP contribution in [0.15, 0.2) is 11.4 Å². The first-order valence-electron chi connectivity index (χ1n) is 6.50. The molecular formula is C13H21N5S. The highest BCUT2D eigenvalue weighted by molar-refractivity contribution is 7.16. The lowest BCUT2D eigenvalue weighted by atomic mass is 10.3. The molecule has 2 N–H and O–H groups in total. The van der Waals surface area contributed by atoms with Gasteiger partial charge in [0.15, 0.2) is 0 Å². The molecule has 0 radical (unpaired) electrons. The zero-order chi connectivity index (χ0) is 13.8. The molecule has 0 amide bonds. The maximum atomic E-state index is 4.56. The van der Waals surface area contributed by atoms with Crippen LogP contribution in [0.5, 0.6) is 0 Å². The number of nitrogens with one attached hydrogen (secondary N) is 2. The van der Waals surface area contributed by atoms with E-state index in [-0.39, 0.29) is 0 Å². The number of thiophene rings is 1. The zero-order valence-corrected chi connectivity index (χ0v) is 12.7. The Labute approximate surface area is 118 Å². The molecule has 2 aromatic heterocycles. The van der Waals surface area contributed by atoms with E-state index in [1.807, 2.05) is 6.92 Å². The summed E-state index contributed by atoms with van der Waals surface area (Å²) in [7, 11) is 4.14. The fourth-order valence-corrected chi connectivity index (χ4v) is 2.79. The van der Waals surface area contributed by atoms with Crippen LogP contribution in [0.4, 0.5) is 11.8 Å². The quantitative estimate of drug-likeness (QED) is 0.851. The minimum atomic E-state index is 0.336. The molecule has 0 fully saturated rings. The SMILES string of the molecule is CCNc1nc(NC(C)CN(C)C)c2ccsc2n1. The van der Waals surface area contributed by atoms with Crippen molar-refractivity contribution in [2.24, 2.45) is 0 Å². The number of rotatable bonds is 6.